The van der Waals surface area contributed by atoms with E-state index in [1.165, 1.54) is 0 Å². The lowest BCUT2D eigenvalue weighted by atomic mass is 10.3. The van der Waals surface area contributed by atoms with Gasteiger partial charge in [-0.05, 0) is 19.8 Å². The number of aryl methyl sites for hydroxylation is 2. The molecule has 0 fully saturated rings. The molecule has 0 atom stereocenters. The van der Waals surface area contributed by atoms with E-state index in [-0.39, 0.29) is 0 Å². The van der Waals surface area contributed by atoms with E-state index in [2.05, 4.69) is 11.9 Å². The molecule has 0 aliphatic rings. The smallest absolute Gasteiger partial charge is 0.109 e. The third kappa shape index (κ3) is 1.48. The summed E-state index contributed by atoms with van der Waals surface area (Å²) in [5.41, 5.74) is 6.61. The molecule has 2 N–H and O–H groups in total. The number of nitrogens with zero attached hydrogens (tertiary/aromatic N) is 1. The molecule has 1 rings (SSSR count). The fraction of sp³-hybridized carbons (Fsp3) is 0.571. The quantitative estimate of drug-likeness (QED) is 0.711. The third-order valence-corrected chi connectivity index (χ3v) is 2.39. The van der Waals surface area contributed by atoms with Gasteiger partial charge in [-0.1, -0.05) is 6.92 Å². The Labute approximate surface area is 65.1 Å². The Hall–Kier alpha value is -0.570. The Morgan fingerprint density at radius 3 is 2.70 bits per heavy atom. The molecule has 0 bridgehead atoms. The van der Waals surface area contributed by atoms with Crippen LogP contribution in [0.15, 0.2) is 0 Å². The van der Waals surface area contributed by atoms with E-state index in [4.69, 9.17) is 5.73 Å². The van der Waals surface area contributed by atoms with Crippen molar-refractivity contribution >= 4 is 16.3 Å². The van der Waals surface area contributed by atoms with Crippen LogP contribution in [0.3, 0.4) is 0 Å². The molecule has 2 nitrogen and oxygen atoms in total. The summed E-state index contributed by atoms with van der Waals surface area (Å²) < 4.78 is 0. The van der Waals surface area contributed by atoms with Crippen LogP contribution in [-0.2, 0) is 6.42 Å². The minimum atomic E-state index is 0.864. The second-order valence-corrected chi connectivity index (χ2v) is 3.42. The maximum absolute atomic E-state index is 5.63. The highest BCUT2D eigenvalue weighted by atomic mass is 32.1. The van der Waals surface area contributed by atoms with Gasteiger partial charge in [-0.15, -0.1) is 11.3 Å². The fourth-order valence-corrected chi connectivity index (χ4v) is 1.72. The lowest BCUT2D eigenvalue weighted by Crippen LogP contribution is -1.82. The number of nitrogens with two attached hydrogens (primary N) is 1. The van der Waals surface area contributed by atoms with Crippen molar-refractivity contribution in [3.05, 3.63) is 10.7 Å². The van der Waals surface area contributed by atoms with Gasteiger partial charge < -0.3 is 5.73 Å². The van der Waals surface area contributed by atoms with E-state index in [0.29, 0.717) is 0 Å². The molecule has 0 saturated carbocycles. The first kappa shape index (κ1) is 7.54. The summed E-state index contributed by atoms with van der Waals surface area (Å²) in [4.78, 5) is 4.29. The monoisotopic (exact) mass is 156 g/mol. The van der Waals surface area contributed by atoms with Crippen LogP contribution in [0.4, 0.5) is 5.00 Å². The highest BCUT2D eigenvalue weighted by molar-refractivity contribution is 7.15. The van der Waals surface area contributed by atoms with Gasteiger partial charge in [0.05, 0.1) is 10.7 Å². The van der Waals surface area contributed by atoms with Crippen LogP contribution in [0, 0.1) is 6.92 Å². The van der Waals surface area contributed by atoms with Crippen molar-refractivity contribution < 1.29 is 0 Å². The van der Waals surface area contributed by atoms with Crippen molar-refractivity contribution in [3.63, 3.8) is 0 Å². The van der Waals surface area contributed by atoms with Crippen LogP contribution in [0.2, 0.25) is 0 Å². The summed E-state index contributed by atoms with van der Waals surface area (Å²) >= 11 is 1.61. The fourth-order valence-electron chi connectivity index (χ4n) is 0.787. The maximum atomic E-state index is 5.63. The van der Waals surface area contributed by atoms with Crippen molar-refractivity contribution in [2.24, 2.45) is 0 Å². The van der Waals surface area contributed by atoms with Crippen LogP contribution in [-0.4, -0.2) is 4.98 Å². The van der Waals surface area contributed by atoms with Crippen molar-refractivity contribution in [1.82, 2.24) is 4.98 Å². The number of aromatic nitrogens is 1. The van der Waals surface area contributed by atoms with Gasteiger partial charge >= 0.3 is 0 Å². The molecule has 0 aliphatic heterocycles. The summed E-state index contributed by atoms with van der Waals surface area (Å²) in [7, 11) is 0. The highest BCUT2D eigenvalue weighted by Crippen LogP contribution is 2.20. The molecule has 0 unspecified atom stereocenters. The molecule has 1 heterocycles. The Kier molecular flexibility index (Phi) is 2.27. The maximum Gasteiger partial charge on any atom is 0.109 e. The van der Waals surface area contributed by atoms with Gasteiger partial charge in [0.25, 0.3) is 0 Å². The van der Waals surface area contributed by atoms with Gasteiger partial charge in [0, 0.05) is 0 Å². The van der Waals surface area contributed by atoms with Crippen LogP contribution in [0.1, 0.15) is 24.0 Å². The SMILES string of the molecule is CCCc1nc(C)c(N)s1. The van der Waals surface area contributed by atoms with Gasteiger partial charge in [-0.3, -0.25) is 0 Å². The van der Waals surface area contributed by atoms with Gasteiger partial charge in [-0.25, -0.2) is 4.98 Å². The van der Waals surface area contributed by atoms with E-state index >= 15 is 0 Å². The van der Waals surface area contributed by atoms with Crippen molar-refractivity contribution in [1.29, 1.82) is 0 Å². The minimum absolute atomic E-state index is 0.864. The first-order valence-electron chi connectivity index (χ1n) is 3.45. The molecular formula is C7H12N2S. The van der Waals surface area contributed by atoms with Crippen LogP contribution in [0.5, 0.6) is 0 Å². The summed E-state index contributed by atoms with van der Waals surface area (Å²) in [5, 5.41) is 2.03. The molecule has 0 radical (unpaired) electrons. The molecule has 1 aromatic heterocycles. The van der Waals surface area contributed by atoms with E-state index in [1.54, 1.807) is 11.3 Å². The molecule has 0 aromatic carbocycles. The Morgan fingerprint density at radius 1 is 1.60 bits per heavy atom. The summed E-state index contributed by atoms with van der Waals surface area (Å²) in [5.74, 6) is 0. The average molecular weight is 156 g/mol. The first-order valence-corrected chi connectivity index (χ1v) is 4.27. The molecule has 0 spiro atoms. The Bertz CT molecular complexity index is 198. The minimum Gasteiger partial charge on any atom is -0.389 e. The summed E-state index contributed by atoms with van der Waals surface area (Å²) in [6.45, 7) is 4.10. The number of nitrogen functional groups attached to an aromatic ring is 1. The molecule has 0 amide bonds. The number of anilines is 1. The lowest BCUT2D eigenvalue weighted by Gasteiger charge is -1.85. The zero-order chi connectivity index (χ0) is 7.56. The number of rotatable bonds is 2. The molecule has 10 heavy (non-hydrogen) atoms. The number of hydrogen-bond donors (Lipinski definition) is 1. The Balaban J connectivity index is 2.77. The molecule has 56 valence electrons. The predicted octanol–water partition coefficient (Wildman–Crippen LogP) is 1.99. The normalized spacial score (nSPS) is 10.2. The van der Waals surface area contributed by atoms with Gasteiger partial charge in [0.1, 0.15) is 5.00 Å². The van der Waals surface area contributed by atoms with Crippen molar-refractivity contribution in [2.75, 3.05) is 5.73 Å². The Morgan fingerprint density at radius 2 is 2.30 bits per heavy atom. The molecule has 0 aliphatic carbocycles. The topological polar surface area (TPSA) is 38.9 Å². The summed E-state index contributed by atoms with van der Waals surface area (Å²) in [6, 6.07) is 0. The highest BCUT2D eigenvalue weighted by Gasteiger charge is 2.01. The van der Waals surface area contributed by atoms with Gasteiger partial charge in [0.15, 0.2) is 0 Å². The molecule has 0 saturated heterocycles. The second kappa shape index (κ2) is 3.01. The zero-order valence-electron chi connectivity index (χ0n) is 6.35. The molecule has 1 aromatic rings. The second-order valence-electron chi connectivity index (χ2n) is 2.31. The largest absolute Gasteiger partial charge is 0.389 e. The predicted molar refractivity (Wildman–Crippen MR) is 45.3 cm³/mol. The van der Waals surface area contributed by atoms with Crippen molar-refractivity contribution in [3.8, 4) is 0 Å². The van der Waals surface area contributed by atoms with Crippen LogP contribution >= 0.6 is 11.3 Å². The average Bonchev–Trinajstić information content (AvgIpc) is 2.14. The van der Waals surface area contributed by atoms with Crippen LogP contribution in [0.25, 0.3) is 0 Å². The number of hydrogen-bond acceptors (Lipinski definition) is 3. The zero-order valence-corrected chi connectivity index (χ0v) is 7.16. The third-order valence-electron chi connectivity index (χ3n) is 1.34. The van der Waals surface area contributed by atoms with E-state index in [0.717, 1.165) is 28.5 Å². The molecule has 3 heteroatoms. The summed E-state index contributed by atoms with van der Waals surface area (Å²) in [6.07, 6.45) is 2.20. The standard InChI is InChI=1S/C7H12N2S/c1-3-4-6-9-5(2)7(8)10-6/h3-4,8H2,1-2H3. The molecular weight excluding hydrogens is 144 g/mol. The van der Waals surface area contributed by atoms with Gasteiger partial charge in [0.2, 0.25) is 0 Å². The lowest BCUT2D eigenvalue weighted by molar-refractivity contribution is 0.903. The van der Waals surface area contributed by atoms with E-state index in [9.17, 15) is 0 Å². The van der Waals surface area contributed by atoms with E-state index in [1.807, 2.05) is 6.92 Å². The van der Waals surface area contributed by atoms with Crippen LogP contribution < -0.4 is 5.73 Å². The van der Waals surface area contributed by atoms with E-state index < -0.39 is 0 Å². The first-order chi connectivity index (χ1) is 4.74. The van der Waals surface area contributed by atoms with Crippen molar-refractivity contribution in [2.45, 2.75) is 26.7 Å². The van der Waals surface area contributed by atoms with Gasteiger partial charge in [-0.2, -0.15) is 0 Å². The number of thiazole rings is 1.